The molecule has 0 bridgehead atoms. The third-order valence-corrected chi connectivity index (χ3v) is 6.68. The summed E-state index contributed by atoms with van der Waals surface area (Å²) in [6.07, 6.45) is 5.47. The number of carbonyl (C=O) groups excluding carboxylic acids is 1. The Bertz CT molecular complexity index is 1440. The number of pyridine rings is 1. The number of carbonyl (C=O) groups is 1. The average Bonchev–Trinajstić information content (AvgIpc) is 3.51. The smallest absolute Gasteiger partial charge is 0.259 e. The highest BCUT2D eigenvalue weighted by Crippen LogP contribution is 2.30. The van der Waals surface area contributed by atoms with Crippen molar-refractivity contribution in [3.63, 3.8) is 0 Å². The van der Waals surface area contributed by atoms with E-state index in [4.69, 9.17) is 4.74 Å². The van der Waals surface area contributed by atoms with Crippen LogP contribution in [-0.4, -0.2) is 48.4 Å². The Kier molecular flexibility index (Phi) is 5.18. The minimum atomic E-state index is -0.600. The van der Waals surface area contributed by atoms with Crippen molar-refractivity contribution in [1.82, 2.24) is 29.3 Å². The van der Waals surface area contributed by atoms with Crippen LogP contribution in [0.4, 0.5) is 10.2 Å². The second-order valence-electron chi connectivity index (χ2n) is 9.12. The summed E-state index contributed by atoms with van der Waals surface area (Å²) < 4.78 is 24.0. The van der Waals surface area contributed by atoms with Crippen molar-refractivity contribution in [1.29, 1.82) is 0 Å². The molecule has 1 aromatic carbocycles. The molecular formula is C25H24FN7O2. The molecule has 1 atom stereocenters. The molecule has 5 heterocycles. The molecule has 1 fully saturated rings. The van der Waals surface area contributed by atoms with Crippen LogP contribution in [0.1, 0.15) is 52.7 Å². The second kappa shape index (κ2) is 8.38. The highest BCUT2D eigenvalue weighted by atomic mass is 19.1. The molecule has 0 aliphatic carbocycles. The maximum absolute atomic E-state index is 14.8. The van der Waals surface area contributed by atoms with Crippen LogP contribution in [0.5, 0.6) is 0 Å². The lowest BCUT2D eigenvalue weighted by Gasteiger charge is -2.23. The summed E-state index contributed by atoms with van der Waals surface area (Å²) >= 11 is 0. The molecule has 1 amide bonds. The van der Waals surface area contributed by atoms with E-state index in [-0.39, 0.29) is 17.5 Å². The molecule has 0 saturated carbocycles. The zero-order chi connectivity index (χ0) is 24.1. The highest BCUT2D eigenvalue weighted by molar-refractivity contribution is 6.04. The predicted octanol–water partition coefficient (Wildman–Crippen LogP) is 3.85. The summed E-state index contributed by atoms with van der Waals surface area (Å²) in [5.74, 6) is 1.00. The number of aromatic nitrogens is 6. The Hall–Kier alpha value is -3.92. The van der Waals surface area contributed by atoms with E-state index in [0.29, 0.717) is 41.8 Å². The number of amides is 1. The van der Waals surface area contributed by atoms with Gasteiger partial charge in [0.2, 0.25) is 0 Å². The number of hydrogen-bond donors (Lipinski definition) is 1. The fourth-order valence-corrected chi connectivity index (χ4v) is 4.61. The van der Waals surface area contributed by atoms with Crippen molar-refractivity contribution in [2.75, 3.05) is 18.5 Å². The predicted molar refractivity (Wildman–Crippen MR) is 126 cm³/mol. The van der Waals surface area contributed by atoms with E-state index in [1.54, 1.807) is 31.5 Å². The second-order valence-corrected chi connectivity index (χ2v) is 9.12. The number of ether oxygens (including phenoxy) is 1. The van der Waals surface area contributed by atoms with Gasteiger partial charge in [0.05, 0.1) is 36.5 Å². The first-order valence-electron chi connectivity index (χ1n) is 11.6. The van der Waals surface area contributed by atoms with E-state index in [1.807, 2.05) is 16.8 Å². The van der Waals surface area contributed by atoms with Crippen LogP contribution in [-0.2, 0) is 11.2 Å². The quantitative estimate of drug-likeness (QED) is 0.473. The van der Waals surface area contributed by atoms with Crippen LogP contribution < -0.4 is 5.32 Å². The number of halogens is 1. The largest absolute Gasteiger partial charge is 0.380 e. The van der Waals surface area contributed by atoms with Crippen LogP contribution in [0, 0.1) is 12.7 Å². The maximum atomic E-state index is 14.8. The minimum absolute atomic E-state index is 0.0722. The number of imidazole rings is 1. The number of benzene rings is 1. The summed E-state index contributed by atoms with van der Waals surface area (Å²) in [7, 11) is 0. The van der Waals surface area contributed by atoms with Crippen LogP contribution in [0.3, 0.4) is 0 Å². The van der Waals surface area contributed by atoms with Crippen LogP contribution in [0.2, 0.25) is 0 Å². The number of anilines is 1. The lowest BCUT2D eigenvalue weighted by Crippen LogP contribution is -2.25. The summed E-state index contributed by atoms with van der Waals surface area (Å²) in [6.45, 7) is 5.22. The lowest BCUT2D eigenvalue weighted by molar-refractivity contribution is 0.00685. The molecule has 0 unspecified atom stereocenters. The number of rotatable bonds is 5. The molecule has 2 aliphatic rings. The Balaban J connectivity index is 1.27. The third-order valence-electron chi connectivity index (χ3n) is 6.68. The molecule has 6 rings (SSSR count). The molecule has 35 heavy (non-hydrogen) atoms. The van der Waals surface area contributed by atoms with E-state index < -0.39 is 11.7 Å². The molecule has 0 radical (unpaired) electrons. The monoisotopic (exact) mass is 473 g/mol. The molecule has 9 nitrogen and oxygen atoms in total. The maximum Gasteiger partial charge on any atom is 0.259 e. The van der Waals surface area contributed by atoms with E-state index >= 15 is 0 Å². The first kappa shape index (κ1) is 21.6. The fourth-order valence-electron chi connectivity index (χ4n) is 4.61. The topological polar surface area (TPSA) is 99.8 Å². The van der Waals surface area contributed by atoms with Gasteiger partial charge in [0.1, 0.15) is 23.2 Å². The van der Waals surface area contributed by atoms with Gasteiger partial charge < -0.3 is 19.2 Å². The van der Waals surface area contributed by atoms with Crippen LogP contribution in [0.25, 0.3) is 17.2 Å². The molecular weight excluding hydrogens is 449 g/mol. The SMILES string of the molecule is Cc1cc(F)c(C(=O)Nc2cccc(-c3nnc4n3[C@@H](C)CC4)n2)cc1-n1cnc(C2COC2)c1. The van der Waals surface area contributed by atoms with Gasteiger partial charge in [-0.05, 0) is 50.1 Å². The van der Waals surface area contributed by atoms with E-state index in [1.165, 1.54) is 6.07 Å². The van der Waals surface area contributed by atoms with Crippen molar-refractivity contribution in [2.24, 2.45) is 0 Å². The molecule has 1 N–H and O–H groups in total. The van der Waals surface area contributed by atoms with Crippen LogP contribution >= 0.6 is 0 Å². The number of nitrogens with zero attached hydrogens (tertiary/aromatic N) is 6. The van der Waals surface area contributed by atoms with E-state index in [2.05, 4.69) is 37.0 Å². The molecule has 1 saturated heterocycles. The van der Waals surface area contributed by atoms with Crippen molar-refractivity contribution in [3.05, 3.63) is 71.3 Å². The Morgan fingerprint density at radius 2 is 2.09 bits per heavy atom. The van der Waals surface area contributed by atoms with E-state index in [9.17, 15) is 9.18 Å². The third kappa shape index (κ3) is 3.79. The van der Waals surface area contributed by atoms with Crippen molar-refractivity contribution in [3.8, 4) is 17.2 Å². The van der Waals surface area contributed by atoms with Gasteiger partial charge in [-0.25, -0.2) is 14.4 Å². The summed E-state index contributed by atoms with van der Waals surface area (Å²) in [4.78, 5) is 22.1. The van der Waals surface area contributed by atoms with E-state index in [0.717, 1.165) is 24.4 Å². The summed E-state index contributed by atoms with van der Waals surface area (Å²) in [5.41, 5.74) is 2.83. The van der Waals surface area contributed by atoms with Gasteiger partial charge in [-0.2, -0.15) is 0 Å². The zero-order valence-electron chi connectivity index (χ0n) is 19.4. The molecule has 178 valence electrons. The van der Waals surface area contributed by atoms with Gasteiger partial charge in [-0.3, -0.25) is 4.79 Å². The molecule has 0 spiro atoms. The van der Waals surface area contributed by atoms with Gasteiger partial charge in [-0.1, -0.05) is 6.07 Å². The van der Waals surface area contributed by atoms with Crippen molar-refractivity contribution in [2.45, 2.75) is 38.6 Å². The Labute approximate surface area is 201 Å². The zero-order valence-corrected chi connectivity index (χ0v) is 19.4. The number of fused-ring (bicyclic) bond motifs is 1. The van der Waals surface area contributed by atoms with Crippen LogP contribution in [0.15, 0.2) is 42.9 Å². The summed E-state index contributed by atoms with van der Waals surface area (Å²) in [6, 6.07) is 8.47. The normalized spacial score (nSPS) is 17.3. The number of nitrogens with one attached hydrogen (secondary N) is 1. The molecule has 4 aromatic rings. The molecule has 10 heteroatoms. The Morgan fingerprint density at radius 3 is 2.89 bits per heavy atom. The Morgan fingerprint density at radius 1 is 1.23 bits per heavy atom. The van der Waals surface area contributed by atoms with Crippen molar-refractivity contribution >= 4 is 11.7 Å². The van der Waals surface area contributed by atoms with Gasteiger partial charge in [-0.15, -0.1) is 10.2 Å². The number of hydrogen-bond acceptors (Lipinski definition) is 6. The summed E-state index contributed by atoms with van der Waals surface area (Å²) in [5, 5.41) is 11.3. The molecule has 3 aromatic heterocycles. The highest BCUT2D eigenvalue weighted by Gasteiger charge is 2.26. The number of aryl methyl sites for hydroxylation is 2. The van der Waals surface area contributed by atoms with Gasteiger partial charge in [0.25, 0.3) is 5.91 Å². The lowest BCUT2D eigenvalue weighted by atomic mass is 10.1. The molecule has 2 aliphatic heterocycles. The van der Waals surface area contributed by atoms with Gasteiger partial charge in [0, 0.05) is 24.6 Å². The van der Waals surface area contributed by atoms with Crippen molar-refractivity contribution < 1.29 is 13.9 Å². The van der Waals surface area contributed by atoms with Gasteiger partial charge in [0.15, 0.2) is 5.82 Å². The standard InChI is InChI=1S/C25H24FN7O2/c1-14-8-18(26)17(9-21(14)32-10-20(27-13-32)16-11-35-12-16)25(34)29-22-5-3-4-19(28-22)24-31-30-23-7-6-15(2)33(23)24/h3-5,8-10,13,15-16H,6-7,11-12H2,1-2H3,(H,28,29,34)/t15-/m0/s1. The minimum Gasteiger partial charge on any atom is -0.380 e. The first-order valence-corrected chi connectivity index (χ1v) is 11.6. The first-order chi connectivity index (χ1) is 17.0. The fraction of sp³-hybridized carbons (Fsp3) is 0.320. The average molecular weight is 474 g/mol. The van der Waals surface area contributed by atoms with Gasteiger partial charge >= 0.3 is 0 Å².